The van der Waals surface area contributed by atoms with Crippen LogP contribution in [0.25, 0.3) is 89.4 Å². The van der Waals surface area contributed by atoms with E-state index in [1.807, 2.05) is 12.1 Å². The van der Waals surface area contributed by atoms with Gasteiger partial charge >= 0.3 is 0 Å². The van der Waals surface area contributed by atoms with Gasteiger partial charge in [-0.3, -0.25) is 0 Å². The molecule has 0 saturated carbocycles. The van der Waals surface area contributed by atoms with Crippen LogP contribution in [-0.4, -0.2) is 15.0 Å². The van der Waals surface area contributed by atoms with Gasteiger partial charge in [0, 0.05) is 22.1 Å². The van der Waals surface area contributed by atoms with Crippen LogP contribution in [0.1, 0.15) is 25.0 Å². The van der Waals surface area contributed by atoms with Gasteiger partial charge in [0.2, 0.25) is 0 Å². The lowest BCUT2D eigenvalue weighted by atomic mass is 9.79. The molecule has 55 heavy (non-hydrogen) atoms. The maximum atomic E-state index is 5.20. The Morgan fingerprint density at radius 3 is 1.42 bits per heavy atom. The summed E-state index contributed by atoms with van der Waals surface area (Å²) in [6.45, 7) is 4.72. The van der Waals surface area contributed by atoms with E-state index in [1.54, 1.807) is 0 Å². The molecule has 0 atom stereocenters. The minimum Gasteiger partial charge on any atom is -0.208 e. The summed E-state index contributed by atoms with van der Waals surface area (Å²) in [4.78, 5) is 15.6. The van der Waals surface area contributed by atoms with Crippen molar-refractivity contribution in [3.8, 4) is 78.7 Å². The van der Waals surface area contributed by atoms with E-state index in [9.17, 15) is 0 Å². The molecule has 3 heteroatoms. The van der Waals surface area contributed by atoms with Crippen molar-refractivity contribution in [2.75, 3.05) is 0 Å². The Morgan fingerprint density at radius 2 is 0.800 bits per heavy atom. The molecule has 10 rings (SSSR count). The number of hydrogen-bond acceptors (Lipinski definition) is 3. The van der Waals surface area contributed by atoms with Crippen molar-refractivity contribution in [1.82, 2.24) is 15.0 Å². The number of hydrogen-bond donors (Lipinski definition) is 0. The van der Waals surface area contributed by atoms with E-state index in [2.05, 4.69) is 190 Å². The van der Waals surface area contributed by atoms with Crippen molar-refractivity contribution in [3.63, 3.8) is 0 Å². The van der Waals surface area contributed by atoms with Crippen molar-refractivity contribution in [2.24, 2.45) is 0 Å². The average molecular weight is 704 g/mol. The van der Waals surface area contributed by atoms with E-state index in [0.717, 1.165) is 44.5 Å². The van der Waals surface area contributed by atoms with E-state index >= 15 is 0 Å². The molecule has 0 fully saturated rings. The molecule has 260 valence electrons. The Balaban J connectivity index is 1.08. The molecule has 0 saturated heterocycles. The van der Waals surface area contributed by atoms with E-state index in [1.165, 1.54) is 38.6 Å². The second-order valence-corrected chi connectivity index (χ2v) is 14.8. The van der Waals surface area contributed by atoms with Crippen LogP contribution < -0.4 is 0 Å². The molecule has 1 heterocycles. The van der Waals surface area contributed by atoms with Crippen LogP contribution in [0.5, 0.6) is 0 Å². The lowest BCUT2D eigenvalue weighted by molar-refractivity contribution is 0.666. The number of benzene rings is 8. The summed E-state index contributed by atoms with van der Waals surface area (Å²) in [6.07, 6.45) is 0. The second-order valence-electron chi connectivity index (χ2n) is 14.8. The monoisotopic (exact) mass is 703 g/mol. The van der Waals surface area contributed by atoms with Crippen LogP contribution in [-0.2, 0) is 5.41 Å². The first-order valence-corrected chi connectivity index (χ1v) is 18.9. The van der Waals surface area contributed by atoms with Crippen LogP contribution in [0.3, 0.4) is 0 Å². The normalized spacial score (nSPS) is 12.7. The summed E-state index contributed by atoms with van der Waals surface area (Å²) in [5.74, 6) is 1.91. The van der Waals surface area contributed by atoms with Gasteiger partial charge < -0.3 is 0 Å². The zero-order valence-corrected chi connectivity index (χ0v) is 30.7. The van der Waals surface area contributed by atoms with Crippen LogP contribution in [0.4, 0.5) is 0 Å². The Bertz CT molecular complexity index is 2770. The van der Waals surface area contributed by atoms with Gasteiger partial charge in [0.15, 0.2) is 17.5 Å². The largest absolute Gasteiger partial charge is 0.208 e. The highest BCUT2D eigenvalue weighted by molar-refractivity contribution is 5.98. The molecule has 1 aliphatic rings. The molecular weight excluding hydrogens is 667 g/mol. The summed E-state index contributed by atoms with van der Waals surface area (Å²) < 4.78 is 0. The minimum absolute atomic E-state index is 0.120. The highest BCUT2D eigenvalue weighted by atomic mass is 15.0. The molecule has 0 unspecified atom stereocenters. The van der Waals surface area contributed by atoms with Gasteiger partial charge in [-0.15, -0.1) is 0 Å². The molecule has 0 N–H and O–H groups in total. The molecule has 0 aliphatic heterocycles. The smallest absolute Gasteiger partial charge is 0.164 e. The van der Waals surface area contributed by atoms with Crippen LogP contribution in [0.15, 0.2) is 188 Å². The van der Waals surface area contributed by atoms with E-state index < -0.39 is 0 Å². The molecule has 9 aromatic rings. The first kappa shape index (κ1) is 32.7. The average Bonchev–Trinajstić information content (AvgIpc) is 3.49. The Hall–Kier alpha value is -6.97. The molecule has 0 radical (unpaired) electrons. The minimum atomic E-state index is -0.120. The van der Waals surface area contributed by atoms with Crippen molar-refractivity contribution in [1.29, 1.82) is 0 Å². The number of fused-ring (bicyclic) bond motifs is 5. The number of nitrogens with zero attached hydrogens (tertiary/aromatic N) is 3. The predicted octanol–water partition coefficient (Wildman–Crippen LogP) is 13.3. The topological polar surface area (TPSA) is 38.7 Å². The predicted molar refractivity (Wildman–Crippen MR) is 228 cm³/mol. The number of rotatable bonds is 6. The summed E-state index contributed by atoms with van der Waals surface area (Å²) in [7, 11) is 0. The molecule has 0 spiro atoms. The third-order valence-electron chi connectivity index (χ3n) is 11.2. The molecular formula is C52H37N3. The van der Waals surface area contributed by atoms with Crippen molar-refractivity contribution in [2.45, 2.75) is 19.3 Å². The quantitative estimate of drug-likeness (QED) is 0.173. The van der Waals surface area contributed by atoms with E-state index in [4.69, 9.17) is 15.0 Å². The zero-order chi connectivity index (χ0) is 36.9. The van der Waals surface area contributed by atoms with Gasteiger partial charge in [0.25, 0.3) is 0 Å². The molecule has 3 nitrogen and oxygen atoms in total. The molecule has 0 bridgehead atoms. The second kappa shape index (κ2) is 13.2. The Labute approximate surface area is 321 Å². The van der Waals surface area contributed by atoms with Gasteiger partial charge in [-0.1, -0.05) is 196 Å². The van der Waals surface area contributed by atoms with Crippen LogP contribution in [0.2, 0.25) is 0 Å². The first-order valence-electron chi connectivity index (χ1n) is 18.9. The molecule has 8 aromatic carbocycles. The summed E-state index contributed by atoms with van der Waals surface area (Å²) in [6, 6.07) is 66.5. The fourth-order valence-electron chi connectivity index (χ4n) is 8.43. The van der Waals surface area contributed by atoms with Gasteiger partial charge in [0.1, 0.15) is 0 Å². The molecule has 1 aliphatic carbocycles. The molecule has 1 aromatic heterocycles. The van der Waals surface area contributed by atoms with Gasteiger partial charge in [-0.05, 0) is 72.5 Å². The van der Waals surface area contributed by atoms with Crippen LogP contribution in [0, 0.1) is 0 Å². The summed E-state index contributed by atoms with van der Waals surface area (Å²) >= 11 is 0. The first-order chi connectivity index (χ1) is 27.0. The van der Waals surface area contributed by atoms with Gasteiger partial charge in [-0.25, -0.2) is 15.0 Å². The lowest BCUT2D eigenvalue weighted by Gasteiger charge is -2.23. The van der Waals surface area contributed by atoms with Crippen molar-refractivity contribution >= 4 is 10.8 Å². The SMILES string of the molecule is CC1(C)c2cc(-c3ccc(-c4nc(-c5ccccc5-c5ccccc5)nc(-c5ccccc5-c5ccccc5)n4)cc3)ccc2-c2ccc3ccccc3c21. The van der Waals surface area contributed by atoms with E-state index in [0.29, 0.717) is 17.5 Å². The standard InChI is InChI=1S/C52H37N3/c1-52(2)47-33-39(30-31-43(47)44-32-29-37-19-9-10-22-42(37)48(44)52)34-25-27-38(28-26-34)49-53-50(45-23-13-11-20-40(45)35-15-5-3-6-16-35)55-51(54-49)46-24-14-12-21-41(46)36-17-7-4-8-18-36/h3-33H,1-2H3. The van der Waals surface area contributed by atoms with E-state index in [-0.39, 0.29) is 5.41 Å². The third-order valence-corrected chi connectivity index (χ3v) is 11.2. The zero-order valence-electron chi connectivity index (χ0n) is 30.7. The fraction of sp³-hybridized carbons (Fsp3) is 0.0577. The highest BCUT2D eigenvalue weighted by Gasteiger charge is 2.37. The lowest BCUT2D eigenvalue weighted by Crippen LogP contribution is -2.15. The van der Waals surface area contributed by atoms with Gasteiger partial charge in [-0.2, -0.15) is 0 Å². The summed E-state index contributed by atoms with van der Waals surface area (Å²) in [5.41, 5.74) is 14.9. The van der Waals surface area contributed by atoms with Crippen molar-refractivity contribution < 1.29 is 0 Å². The maximum Gasteiger partial charge on any atom is 0.164 e. The highest BCUT2D eigenvalue weighted by Crippen LogP contribution is 2.52. The van der Waals surface area contributed by atoms with Crippen LogP contribution >= 0.6 is 0 Å². The van der Waals surface area contributed by atoms with Crippen molar-refractivity contribution in [3.05, 3.63) is 199 Å². The van der Waals surface area contributed by atoms with Gasteiger partial charge in [0.05, 0.1) is 0 Å². The third kappa shape index (κ3) is 5.64. The maximum absolute atomic E-state index is 5.20. The summed E-state index contributed by atoms with van der Waals surface area (Å²) in [5, 5.41) is 2.62. The fourth-order valence-corrected chi connectivity index (χ4v) is 8.43. The molecule has 0 amide bonds. The Kier molecular flexibility index (Phi) is 7.81. The Morgan fingerprint density at radius 1 is 0.327 bits per heavy atom. The number of aromatic nitrogens is 3.